The van der Waals surface area contributed by atoms with E-state index in [1.165, 1.54) is 12.1 Å². The highest BCUT2D eigenvalue weighted by Gasteiger charge is 2.43. The lowest BCUT2D eigenvalue weighted by Crippen LogP contribution is -2.53. The summed E-state index contributed by atoms with van der Waals surface area (Å²) in [5, 5.41) is 10.3. The minimum Gasteiger partial charge on any atom is -0.388 e. The molecule has 1 heterocycles. The Balaban J connectivity index is 2.33. The summed E-state index contributed by atoms with van der Waals surface area (Å²) in [6.07, 6.45) is 0.101. The first-order valence-electron chi connectivity index (χ1n) is 5.76. The van der Waals surface area contributed by atoms with Gasteiger partial charge in [0, 0.05) is 20.2 Å². The Kier molecular flexibility index (Phi) is 3.47. The Labute approximate surface area is 101 Å². The number of halogens is 1. The van der Waals surface area contributed by atoms with Crippen LogP contribution in [-0.4, -0.2) is 43.4 Å². The van der Waals surface area contributed by atoms with Crippen LogP contribution in [0.4, 0.5) is 4.39 Å². The molecule has 0 amide bonds. The summed E-state index contributed by atoms with van der Waals surface area (Å²) in [7, 11) is 3.56. The number of hydrogen-bond acceptors (Lipinski definition) is 3. The van der Waals surface area contributed by atoms with Crippen LogP contribution in [0.3, 0.4) is 0 Å². The molecule has 1 aliphatic heterocycles. The van der Waals surface area contributed by atoms with E-state index in [9.17, 15) is 9.50 Å². The Morgan fingerprint density at radius 3 is 2.59 bits per heavy atom. The quantitative estimate of drug-likeness (QED) is 0.846. The second-order valence-corrected chi connectivity index (χ2v) is 4.63. The van der Waals surface area contributed by atoms with E-state index in [0.29, 0.717) is 13.0 Å². The van der Waals surface area contributed by atoms with Crippen LogP contribution >= 0.6 is 0 Å². The number of aliphatic hydroxyl groups excluding tert-OH is 1. The van der Waals surface area contributed by atoms with Gasteiger partial charge in [-0.05, 0) is 31.2 Å². The van der Waals surface area contributed by atoms with E-state index in [1.807, 2.05) is 7.05 Å². The van der Waals surface area contributed by atoms with Gasteiger partial charge >= 0.3 is 0 Å². The molecule has 0 aromatic heterocycles. The number of aliphatic hydroxyl groups is 1. The average molecular weight is 239 g/mol. The Morgan fingerprint density at radius 1 is 1.41 bits per heavy atom. The van der Waals surface area contributed by atoms with Gasteiger partial charge in [0.25, 0.3) is 0 Å². The van der Waals surface area contributed by atoms with E-state index in [1.54, 1.807) is 19.2 Å². The van der Waals surface area contributed by atoms with Crippen molar-refractivity contribution in [3.8, 4) is 0 Å². The topological polar surface area (TPSA) is 32.7 Å². The van der Waals surface area contributed by atoms with Crippen LogP contribution in [0.25, 0.3) is 0 Å². The minimum absolute atomic E-state index is 0.276. The van der Waals surface area contributed by atoms with Crippen molar-refractivity contribution in [1.82, 2.24) is 4.90 Å². The fourth-order valence-electron chi connectivity index (χ4n) is 2.48. The number of rotatable bonds is 2. The van der Waals surface area contributed by atoms with E-state index in [-0.39, 0.29) is 5.82 Å². The molecule has 3 nitrogen and oxygen atoms in total. The Bertz CT molecular complexity index is 382. The van der Waals surface area contributed by atoms with Crippen molar-refractivity contribution in [1.29, 1.82) is 0 Å². The van der Waals surface area contributed by atoms with Crippen LogP contribution in [-0.2, 0) is 10.3 Å². The third-order valence-electron chi connectivity index (χ3n) is 3.58. The van der Waals surface area contributed by atoms with Crippen molar-refractivity contribution >= 4 is 0 Å². The monoisotopic (exact) mass is 239 g/mol. The summed E-state index contributed by atoms with van der Waals surface area (Å²) in [6, 6.07) is 6.18. The molecule has 1 saturated heterocycles. The van der Waals surface area contributed by atoms with Gasteiger partial charge in [0.05, 0.1) is 6.10 Å². The second-order valence-electron chi connectivity index (χ2n) is 4.63. The minimum atomic E-state index is -0.708. The van der Waals surface area contributed by atoms with Gasteiger partial charge in [-0.15, -0.1) is 0 Å². The molecule has 0 spiro atoms. The zero-order valence-corrected chi connectivity index (χ0v) is 10.2. The summed E-state index contributed by atoms with van der Waals surface area (Å²) >= 11 is 0. The van der Waals surface area contributed by atoms with Crippen molar-refractivity contribution in [2.75, 3.05) is 27.2 Å². The third kappa shape index (κ3) is 2.20. The molecule has 2 atom stereocenters. The van der Waals surface area contributed by atoms with E-state index >= 15 is 0 Å². The molecule has 1 N–H and O–H groups in total. The van der Waals surface area contributed by atoms with Gasteiger partial charge in [-0.2, -0.15) is 0 Å². The van der Waals surface area contributed by atoms with Gasteiger partial charge in [-0.1, -0.05) is 12.1 Å². The van der Waals surface area contributed by atoms with Gasteiger partial charge in [0.15, 0.2) is 0 Å². The molecule has 0 aliphatic carbocycles. The van der Waals surface area contributed by atoms with Crippen LogP contribution < -0.4 is 0 Å². The van der Waals surface area contributed by atoms with Crippen molar-refractivity contribution < 1.29 is 14.2 Å². The number of hydrogen-bond donors (Lipinski definition) is 1. The third-order valence-corrected chi connectivity index (χ3v) is 3.58. The largest absolute Gasteiger partial charge is 0.388 e. The predicted octanol–water partition coefficient (Wildman–Crippen LogP) is 1.36. The maximum atomic E-state index is 12.9. The van der Waals surface area contributed by atoms with Gasteiger partial charge in [-0.25, -0.2) is 4.39 Å². The highest BCUT2D eigenvalue weighted by Crippen LogP contribution is 2.36. The van der Waals surface area contributed by atoms with Crippen molar-refractivity contribution in [3.63, 3.8) is 0 Å². The van der Waals surface area contributed by atoms with E-state index in [0.717, 1.165) is 12.1 Å². The van der Waals surface area contributed by atoms with E-state index < -0.39 is 11.7 Å². The molecule has 4 heteroatoms. The maximum Gasteiger partial charge on any atom is 0.123 e. The fourth-order valence-corrected chi connectivity index (χ4v) is 2.48. The van der Waals surface area contributed by atoms with Crippen LogP contribution in [0.2, 0.25) is 0 Å². The molecule has 1 aromatic carbocycles. The van der Waals surface area contributed by atoms with Crippen LogP contribution in [0.15, 0.2) is 24.3 Å². The molecule has 1 aliphatic rings. The summed E-state index contributed by atoms with van der Waals surface area (Å²) in [5.74, 6) is -0.276. The number of likely N-dealkylation sites (tertiary alicyclic amines) is 1. The zero-order chi connectivity index (χ0) is 12.5. The summed E-state index contributed by atoms with van der Waals surface area (Å²) in [4.78, 5) is 2.06. The van der Waals surface area contributed by atoms with Gasteiger partial charge in [-0.3, -0.25) is 0 Å². The van der Waals surface area contributed by atoms with E-state index in [2.05, 4.69) is 4.90 Å². The number of piperidine rings is 1. The number of methoxy groups -OCH3 is 1. The highest BCUT2D eigenvalue weighted by molar-refractivity contribution is 5.26. The molecule has 2 unspecified atom stereocenters. The smallest absolute Gasteiger partial charge is 0.123 e. The molecular formula is C13H18FNO2. The number of nitrogens with zero attached hydrogens (tertiary/aromatic N) is 1. The normalized spacial score (nSPS) is 30.5. The number of benzene rings is 1. The van der Waals surface area contributed by atoms with Gasteiger partial charge in [0.2, 0.25) is 0 Å². The molecule has 2 rings (SSSR count). The first-order valence-corrected chi connectivity index (χ1v) is 5.76. The summed E-state index contributed by atoms with van der Waals surface area (Å²) in [6.45, 7) is 1.41. The Morgan fingerprint density at radius 2 is 2.06 bits per heavy atom. The molecule has 1 aromatic rings. The standard InChI is InChI=1S/C13H18FNO2/c1-15-8-7-13(17-2,12(16)9-15)10-3-5-11(14)6-4-10/h3-6,12,16H,7-9H2,1-2H3. The summed E-state index contributed by atoms with van der Waals surface area (Å²) in [5.41, 5.74) is 0.127. The van der Waals surface area contributed by atoms with Crippen molar-refractivity contribution in [3.05, 3.63) is 35.6 Å². The first-order chi connectivity index (χ1) is 8.08. The maximum absolute atomic E-state index is 12.9. The highest BCUT2D eigenvalue weighted by atomic mass is 19.1. The Hall–Kier alpha value is -0.970. The predicted molar refractivity (Wildman–Crippen MR) is 63.2 cm³/mol. The number of likely N-dealkylation sites (N-methyl/N-ethyl adjacent to an activating group) is 1. The average Bonchev–Trinajstić information content (AvgIpc) is 2.31. The molecular weight excluding hydrogens is 221 g/mol. The molecule has 1 fully saturated rings. The summed E-state index contributed by atoms with van der Waals surface area (Å²) < 4.78 is 18.5. The lowest BCUT2D eigenvalue weighted by molar-refractivity contribution is -0.143. The fraction of sp³-hybridized carbons (Fsp3) is 0.538. The van der Waals surface area contributed by atoms with Gasteiger partial charge in [0.1, 0.15) is 11.4 Å². The second kappa shape index (κ2) is 4.72. The molecule has 94 valence electrons. The first kappa shape index (κ1) is 12.5. The van der Waals surface area contributed by atoms with Crippen molar-refractivity contribution in [2.45, 2.75) is 18.1 Å². The molecule has 17 heavy (non-hydrogen) atoms. The SMILES string of the molecule is COC1(c2ccc(F)cc2)CCN(C)CC1O. The molecule has 0 saturated carbocycles. The molecule has 0 radical (unpaired) electrons. The number of β-amino-alcohol motifs (C(OH)–C–C–N with tert-alkyl or cyclic N) is 1. The number of ether oxygens (including phenoxy) is 1. The van der Waals surface area contributed by atoms with Crippen LogP contribution in [0, 0.1) is 5.82 Å². The van der Waals surface area contributed by atoms with Gasteiger partial charge < -0.3 is 14.7 Å². The lowest BCUT2D eigenvalue weighted by atomic mass is 9.82. The zero-order valence-electron chi connectivity index (χ0n) is 10.2. The lowest BCUT2D eigenvalue weighted by Gasteiger charge is -2.43. The van der Waals surface area contributed by atoms with Crippen LogP contribution in [0.1, 0.15) is 12.0 Å². The molecule has 0 bridgehead atoms. The van der Waals surface area contributed by atoms with Crippen molar-refractivity contribution in [2.24, 2.45) is 0 Å². The van der Waals surface area contributed by atoms with Crippen LogP contribution in [0.5, 0.6) is 0 Å². The van der Waals surface area contributed by atoms with E-state index in [4.69, 9.17) is 4.74 Å².